The predicted molar refractivity (Wildman–Crippen MR) is 97.5 cm³/mol. The Labute approximate surface area is 158 Å². The number of carbonyl (C=O) groups excluding carboxylic acids is 2. The van der Waals surface area contributed by atoms with Crippen molar-refractivity contribution >= 4 is 34.2 Å². The van der Waals surface area contributed by atoms with Crippen LogP contribution in [0.3, 0.4) is 0 Å². The van der Waals surface area contributed by atoms with Gasteiger partial charge in [-0.05, 0) is 12.5 Å². The van der Waals surface area contributed by atoms with Gasteiger partial charge >= 0.3 is 12.1 Å². The first-order chi connectivity index (χ1) is 13.1. The second-order valence-electron chi connectivity index (χ2n) is 4.91. The van der Waals surface area contributed by atoms with E-state index in [0.29, 0.717) is 0 Å². The van der Waals surface area contributed by atoms with Gasteiger partial charge in [-0.25, -0.2) is 19.0 Å². The van der Waals surface area contributed by atoms with E-state index in [0.717, 1.165) is 16.9 Å². The number of rotatable bonds is 9. The topological polar surface area (TPSA) is 99.1 Å². The van der Waals surface area contributed by atoms with Crippen LogP contribution in [0, 0.1) is 0 Å². The molecule has 0 saturated carbocycles. The summed E-state index contributed by atoms with van der Waals surface area (Å²) in [4.78, 5) is 32.6. The van der Waals surface area contributed by atoms with Gasteiger partial charge in [-0.15, -0.1) is 11.3 Å². The molecule has 0 atom stereocenters. The van der Waals surface area contributed by atoms with Gasteiger partial charge in [0.15, 0.2) is 5.13 Å². The molecule has 1 aromatic carbocycles. The van der Waals surface area contributed by atoms with Gasteiger partial charge in [0, 0.05) is 5.38 Å². The normalized spacial score (nSPS) is 11.0. The molecule has 1 amide bonds. The van der Waals surface area contributed by atoms with Crippen LogP contribution in [-0.2, 0) is 25.7 Å². The molecule has 0 aliphatic rings. The van der Waals surface area contributed by atoms with Gasteiger partial charge < -0.3 is 14.3 Å². The van der Waals surface area contributed by atoms with Crippen LogP contribution in [0.1, 0.15) is 18.2 Å². The van der Waals surface area contributed by atoms with Crippen LogP contribution in [0.4, 0.5) is 14.3 Å². The number of nitrogens with one attached hydrogen (secondary N) is 1. The van der Waals surface area contributed by atoms with Crippen molar-refractivity contribution in [3.63, 3.8) is 0 Å². The maximum absolute atomic E-state index is 12.2. The fourth-order valence-electron chi connectivity index (χ4n) is 1.82. The van der Waals surface area contributed by atoms with Crippen molar-refractivity contribution in [3.05, 3.63) is 47.0 Å². The van der Waals surface area contributed by atoms with Crippen LogP contribution < -0.4 is 5.32 Å². The number of carbonyl (C=O) groups is 2. The van der Waals surface area contributed by atoms with E-state index in [1.807, 2.05) is 30.3 Å². The van der Waals surface area contributed by atoms with E-state index >= 15 is 0 Å². The summed E-state index contributed by atoms with van der Waals surface area (Å²) in [5, 5.41) is 7.72. The molecule has 144 valence electrons. The summed E-state index contributed by atoms with van der Waals surface area (Å²) < 4.78 is 22.1. The van der Waals surface area contributed by atoms with Crippen molar-refractivity contribution < 1.29 is 28.3 Å². The Hall–Kier alpha value is -3.01. The minimum atomic E-state index is -0.764. The molecule has 27 heavy (non-hydrogen) atoms. The molecule has 0 saturated heterocycles. The summed E-state index contributed by atoms with van der Waals surface area (Å²) >= 11 is 1.06. The van der Waals surface area contributed by atoms with Gasteiger partial charge in [0.1, 0.15) is 25.6 Å². The molecule has 2 aromatic rings. The lowest BCUT2D eigenvalue weighted by Gasteiger charge is -2.05. The molecular weight excluding hydrogens is 377 g/mol. The van der Waals surface area contributed by atoms with Crippen LogP contribution in [0.15, 0.2) is 40.9 Å². The van der Waals surface area contributed by atoms with E-state index in [-0.39, 0.29) is 36.4 Å². The van der Waals surface area contributed by atoms with Crippen molar-refractivity contribution in [2.45, 2.75) is 13.5 Å². The van der Waals surface area contributed by atoms with Gasteiger partial charge in [0.05, 0.1) is 6.61 Å². The Morgan fingerprint density at radius 2 is 2.04 bits per heavy atom. The van der Waals surface area contributed by atoms with E-state index in [9.17, 15) is 14.0 Å². The number of benzene rings is 1. The minimum absolute atomic E-state index is 0.109. The van der Waals surface area contributed by atoms with Gasteiger partial charge in [-0.3, -0.25) is 5.32 Å². The second-order valence-corrected chi connectivity index (χ2v) is 5.77. The zero-order valence-corrected chi connectivity index (χ0v) is 15.3. The molecule has 2 rings (SSSR count). The lowest BCUT2D eigenvalue weighted by Crippen LogP contribution is -2.20. The van der Waals surface area contributed by atoms with E-state index in [2.05, 4.69) is 15.5 Å². The Balaban J connectivity index is 1.98. The number of oxime groups is 1. The Morgan fingerprint density at radius 1 is 1.26 bits per heavy atom. The molecule has 0 spiro atoms. The third kappa shape index (κ3) is 6.66. The molecule has 1 heterocycles. The minimum Gasteiger partial charge on any atom is -0.461 e. The number of thiazole rings is 1. The molecule has 0 aliphatic heterocycles. The van der Waals surface area contributed by atoms with Crippen LogP contribution in [0.25, 0.3) is 0 Å². The summed E-state index contributed by atoms with van der Waals surface area (Å²) in [6.07, 6.45) is -0.692. The quantitative estimate of drug-likeness (QED) is 0.303. The van der Waals surface area contributed by atoms with E-state index in [1.54, 1.807) is 6.92 Å². The Morgan fingerprint density at radius 3 is 2.74 bits per heavy atom. The van der Waals surface area contributed by atoms with Gasteiger partial charge in [-0.2, -0.15) is 0 Å². The molecular formula is C17H18FN3O5S. The van der Waals surface area contributed by atoms with E-state index in [4.69, 9.17) is 14.3 Å². The fourth-order valence-corrected chi connectivity index (χ4v) is 2.50. The zero-order chi connectivity index (χ0) is 19.5. The maximum Gasteiger partial charge on any atom is 0.413 e. The highest BCUT2D eigenvalue weighted by Gasteiger charge is 2.20. The summed E-state index contributed by atoms with van der Waals surface area (Å²) in [6.45, 7) is 0.814. The number of hydrogen-bond donors (Lipinski definition) is 1. The smallest absolute Gasteiger partial charge is 0.413 e. The molecule has 0 unspecified atom stereocenters. The van der Waals surface area contributed by atoms with Crippen LogP contribution in [-0.4, -0.2) is 42.6 Å². The summed E-state index contributed by atoms with van der Waals surface area (Å²) in [5.74, 6) is -0.764. The SMILES string of the molecule is CCOC(=O)/C(=N\OCCF)c1csc(NC(=O)OCc2ccccc2)n1. The average Bonchev–Trinajstić information content (AvgIpc) is 3.12. The molecule has 0 fully saturated rings. The molecule has 1 aromatic heterocycles. The lowest BCUT2D eigenvalue weighted by atomic mass is 10.2. The summed E-state index contributed by atoms with van der Waals surface area (Å²) in [7, 11) is 0. The Kier molecular flexibility index (Phi) is 8.17. The van der Waals surface area contributed by atoms with Crippen molar-refractivity contribution in [2.75, 3.05) is 25.2 Å². The second kappa shape index (κ2) is 10.9. The number of ether oxygens (including phenoxy) is 2. The molecule has 0 aliphatic carbocycles. The standard InChI is InChI=1S/C17H18FN3O5S/c1-2-24-15(22)14(21-26-9-8-18)13-11-27-16(19-13)20-17(23)25-10-12-6-4-3-5-7-12/h3-7,11H,2,8-10H2,1H3,(H,19,20,23)/b21-14-. The number of halogens is 1. The monoisotopic (exact) mass is 395 g/mol. The first-order valence-electron chi connectivity index (χ1n) is 8.00. The number of hydrogen-bond acceptors (Lipinski definition) is 8. The molecule has 0 bridgehead atoms. The molecule has 10 heteroatoms. The summed E-state index contributed by atoms with van der Waals surface area (Å²) in [5.41, 5.74) is 0.761. The number of anilines is 1. The number of nitrogens with zero attached hydrogens (tertiary/aromatic N) is 2. The average molecular weight is 395 g/mol. The van der Waals surface area contributed by atoms with E-state index < -0.39 is 18.7 Å². The number of alkyl halides is 1. The highest BCUT2D eigenvalue weighted by Crippen LogP contribution is 2.17. The number of amides is 1. The fraction of sp³-hybridized carbons (Fsp3) is 0.294. The lowest BCUT2D eigenvalue weighted by molar-refractivity contribution is -0.135. The Bertz CT molecular complexity index is 782. The maximum atomic E-state index is 12.2. The van der Waals surface area contributed by atoms with Gasteiger partial charge in [-0.1, -0.05) is 35.5 Å². The number of esters is 1. The molecule has 8 nitrogen and oxygen atoms in total. The van der Waals surface area contributed by atoms with Crippen LogP contribution in [0.5, 0.6) is 0 Å². The predicted octanol–water partition coefficient (Wildman–Crippen LogP) is 3.15. The van der Waals surface area contributed by atoms with Crippen LogP contribution >= 0.6 is 11.3 Å². The first kappa shape index (κ1) is 20.3. The van der Waals surface area contributed by atoms with Crippen molar-refractivity contribution in [1.82, 2.24) is 4.98 Å². The van der Waals surface area contributed by atoms with Crippen molar-refractivity contribution in [1.29, 1.82) is 0 Å². The van der Waals surface area contributed by atoms with Gasteiger partial charge in [0.25, 0.3) is 0 Å². The van der Waals surface area contributed by atoms with Crippen LogP contribution in [0.2, 0.25) is 0 Å². The van der Waals surface area contributed by atoms with E-state index in [1.165, 1.54) is 5.38 Å². The highest BCUT2D eigenvalue weighted by atomic mass is 32.1. The number of aromatic nitrogens is 1. The van der Waals surface area contributed by atoms with Crippen molar-refractivity contribution in [2.24, 2.45) is 5.16 Å². The van der Waals surface area contributed by atoms with Gasteiger partial charge in [0.2, 0.25) is 5.71 Å². The third-order valence-electron chi connectivity index (χ3n) is 2.96. The molecule has 0 radical (unpaired) electrons. The zero-order valence-electron chi connectivity index (χ0n) is 14.5. The third-order valence-corrected chi connectivity index (χ3v) is 3.72. The highest BCUT2D eigenvalue weighted by molar-refractivity contribution is 7.14. The largest absolute Gasteiger partial charge is 0.461 e. The molecule has 1 N–H and O–H groups in total. The first-order valence-corrected chi connectivity index (χ1v) is 8.88. The summed E-state index contributed by atoms with van der Waals surface area (Å²) in [6, 6.07) is 9.19. The van der Waals surface area contributed by atoms with Crippen molar-refractivity contribution in [3.8, 4) is 0 Å².